The van der Waals surface area contributed by atoms with Crippen LogP contribution in [0.25, 0.3) is 11.5 Å². The van der Waals surface area contributed by atoms with Gasteiger partial charge in [-0.3, -0.25) is 4.90 Å². The van der Waals surface area contributed by atoms with Crippen LogP contribution in [0.5, 0.6) is 0 Å². The summed E-state index contributed by atoms with van der Waals surface area (Å²) in [7, 11) is 1.80. The number of nitrogens with zero attached hydrogens (tertiary/aromatic N) is 2. The SMILES string of the molecule is CO[C@@H]1CCCN(Cc2nc(-c3ccc(C)cc3)oc2C)C1. The molecule has 22 heavy (non-hydrogen) atoms. The summed E-state index contributed by atoms with van der Waals surface area (Å²) in [5, 5.41) is 0. The molecular weight excluding hydrogens is 276 g/mol. The molecule has 0 N–H and O–H groups in total. The molecule has 0 unspecified atom stereocenters. The first-order chi connectivity index (χ1) is 10.7. The highest BCUT2D eigenvalue weighted by Crippen LogP contribution is 2.24. The maximum Gasteiger partial charge on any atom is 0.226 e. The number of aryl methyl sites for hydroxylation is 2. The second-order valence-electron chi connectivity index (χ2n) is 6.12. The zero-order valence-corrected chi connectivity index (χ0v) is 13.6. The highest BCUT2D eigenvalue weighted by Gasteiger charge is 2.21. The molecule has 1 aliphatic heterocycles. The van der Waals surface area contributed by atoms with Gasteiger partial charge in [-0.25, -0.2) is 4.98 Å². The molecular formula is C18H24N2O2. The smallest absolute Gasteiger partial charge is 0.226 e. The fourth-order valence-corrected chi connectivity index (χ4v) is 2.96. The monoisotopic (exact) mass is 300 g/mol. The molecule has 0 bridgehead atoms. The summed E-state index contributed by atoms with van der Waals surface area (Å²) in [5.41, 5.74) is 3.31. The summed E-state index contributed by atoms with van der Waals surface area (Å²) in [6, 6.07) is 8.29. The fourth-order valence-electron chi connectivity index (χ4n) is 2.96. The largest absolute Gasteiger partial charge is 0.441 e. The number of likely N-dealkylation sites (tertiary alicyclic amines) is 1. The van der Waals surface area contributed by atoms with E-state index in [1.807, 2.05) is 6.92 Å². The third-order valence-electron chi connectivity index (χ3n) is 4.36. The van der Waals surface area contributed by atoms with Gasteiger partial charge >= 0.3 is 0 Å². The molecule has 1 aliphatic rings. The zero-order valence-electron chi connectivity index (χ0n) is 13.6. The Morgan fingerprint density at radius 3 is 2.77 bits per heavy atom. The molecule has 1 saturated heterocycles. The third kappa shape index (κ3) is 3.39. The highest BCUT2D eigenvalue weighted by atomic mass is 16.5. The molecule has 4 nitrogen and oxygen atoms in total. The van der Waals surface area contributed by atoms with Gasteiger partial charge in [-0.15, -0.1) is 0 Å². The number of hydrogen-bond acceptors (Lipinski definition) is 4. The van der Waals surface area contributed by atoms with E-state index in [4.69, 9.17) is 14.1 Å². The summed E-state index contributed by atoms with van der Waals surface area (Å²) < 4.78 is 11.4. The molecule has 0 aliphatic carbocycles. The van der Waals surface area contributed by atoms with Crippen molar-refractivity contribution < 1.29 is 9.15 Å². The standard InChI is InChI=1S/C18H24N2O2/c1-13-6-8-15(9-7-13)18-19-17(14(2)22-18)12-20-10-4-5-16(11-20)21-3/h6-9,16H,4-5,10-12H2,1-3H3/t16-/m1/s1. The number of aromatic nitrogens is 1. The topological polar surface area (TPSA) is 38.5 Å². The molecule has 1 atom stereocenters. The van der Waals surface area contributed by atoms with Crippen molar-refractivity contribution in [3.8, 4) is 11.5 Å². The van der Waals surface area contributed by atoms with Crippen LogP contribution in [0.3, 0.4) is 0 Å². The maximum atomic E-state index is 5.87. The Bertz CT molecular complexity index is 619. The van der Waals surface area contributed by atoms with Gasteiger partial charge in [0.15, 0.2) is 0 Å². The van der Waals surface area contributed by atoms with Gasteiger partial charge in [-0.2, -0.15) is 0 Å². The first kappa shape index (κ1) is 15.3. The Balaban J connectivity index is 1.73. The Kier molecular flexibility index (Phi) is 4.60. The predicted molar refractivity (Wildman–Crippen MR) is 86.7 cm³/mol. The van der Waals surface area contributed by atoms with Crippen LogP contribution in [-0.4, -0.2) is 36.2 Å². The Morgan fingerprint density at radius 1 is 1.27 bits per heavy atom. The van der Waals surface area contributed by atoms with Crippen LogP contribution in [0.1, 0.15) is 29.9 Å². The van der Waals surface area contributed by atoms with Gasteiger partial charge in [0.25, 0.3) is 0 Å². The number of benzene rings is 1. The summed E-state index contributed by atoms with van der Waals surface area (Å²) in [5.74, 6) is 1.63. The van der Waals surface area contributed by atoms with Crippen LogP contribution in [-0.2, 0) is 11.3 Å². The van der Waals surface area contributed by atoms with Crippen molar-refractivity contribution in [2.24, 2.45) is 0 Å². The van der Waals surface area contributed by atoms with Crippen molar-refractivity contribution in [2.75, 3.05) is 20.2 Å². The average Bonchev–Trinajstić information content (AvgIpc) is 2.89. The maximum absolute atomic E-state index is 5.87. The summed E-state index contributed by atoms with van der Waals surface area (Å²) >= 11 is 0. The van der Waals surface area contributed by atoms with Crippen LogP contribution in [0.2, 0.25) is 0 Å². The molecule has 0 spiro atoms. The van der Waals surface area contributed by atoms with Crippen LogP contribution >= 0.6 is 0 Å². The Hall–Kier alpha value is -1.65. The quantitative estimate of drug-likeness (QED) is 0.865. The van der Waals surface area contributed by atoms with E-state index in [0.717, 1.165) is 43.1 Å². The minimum Gasteiger partial charge on any atom is -0.441 e. The molecule has 0 radical (unpaired) electrons. The van der Waals surface area contributed by atoms with Crippen LogP contribution in [0.15, 0.2) is 28.7 Å². The third-order valence-corrected chi connectivity index (χ3v) is 4.36. The molecule has 2 aromatic rings. The molecule has 0 saturated carbocycles. The number of methoxy groups -OCH3 is 1. The minimum absolute atomic E-state index is 0.345. The lowest BCUT2D eigenvalue weighted by molar-refractivity contribution is 0.0280. The van der Waals surface area contributed by atoms with Crippen molar-refractivity contribution in [3.05, 3.63) is 41.3 Å². The van der Waals surface area contributed by atoms with Gasteiger partial charge in [0.2, 0.25) is 5.89 Å². The van der Waals surface area contributed by atoms with Crippen LogP contribution < -0.4 is 0 Å². The van der Waals surface area contributed by atoms with Crippen molar-refractivity contribution in [1.29, 1.82) is 0 Å². The van der Waals surface area contributed by atoms with Gasteiger partial charge in [0.05, 0.1) is 11.8 Å². The van der Waals surface area contributed by atoms with Crippen molar-refractivity contribution >= 4 is 0 Å². The first-order valence-corrected chi connectivity index (χ1v) is 7.94. The van der Waals surface area contributed by atoms with Gasteiger partial charge in [-0.1, -0.05) is 17.7 Å². The lowest BCUT2D eigenvalue weighted by Gasteiger charge is -2.31. The first-order valence-electron chi connectivity index (χ1n) is 7.94. The number of hydrogen-bond donors (Lipinski definition) is 0. The predicted octanol–water partition coefficient (Wildman–Crippen LogP) is 3.57. The van der Waals surface area contributed by atoms with Gasteiger partial charge in [-0.05, 0) is 45.4 Å². The Labute approximate surface area is 132 Å². The van der Waals surface area contributed by atoms with Crippen molar-refractivity contribution in [1.82, 2.24) is 9.88 Å². The van der Waals surface area contributed by atoms with E-state index in [1.54, 1.807) is 7.11 Å². The fraction of sp³-hybridized carbons (Fsp3) is 0.500. The molecule has 3 rings (SSSR count). The second kappa shape index (κ2) is 6.63. The molecule has 118 valence electrons. The van der Waals surface area contributed by atoms with Gasteiger partial charge < -0.3 is 9.15 Å². The normalized spacial score (nSPS) is 19.5. The number of ether oxygens (including phenoxy) is 1. The number of piperidine rings is 1. The molecule has 1 aromatic heterocycles. The second-order valence-corrected chi connectivity index (χ2v) is 6.12. The highest BCUT2D eigenvalue weighted by molar-refractivity contribution is 5.54. The minimum atomic E-state index is 0.345. The van der Waals surface area contributed by atoms with Crippen LogP contribution in [0.4, 0.5) is 0 Å². The average molecular weight is 300 g/mol. The van der Waals surface area contributed by atoms with Crippen molar-refractivity contribution in [3.63, 3.8) is 0 Å². The molecule has 1 aromatic carbocycles. The number of oxazole rings is 1. The van der Waals surface area contributed by atoms with E-state index < -0.39 is 0 Å². The molecule has 4 heteroatoms. The molecule has 2 heterocycles. The number of rotatable bonds is 4. The van der Waals surface area contributed by atoms with E-state index in [0.29, 0.717) is 12.0 Å². The van der Waals surface area contributed by atoms with Crippen molar-refractivity contribution in [2.45, 2.75) is 39.3 Å². The van der Waals surface area contributed by atoms with E-state index in [1.165, 1.54) is 12.0 Å². The van der Waals surface area contributed by atoms with E-state index in [9.17, 15) is 0 Å². The lowest BCUT2D eigenvalue weighted by Crippen LogP contribution is -2.38. The summed E-state index contributed by atoms with van der Waals surface area (Å²) in [6.45, 7) is 6.99. The summed E-state index contributed by atoms with van der Waals surface area (Å²) in [6.07, 6.45) is 2.68. The van der Waals surface area contributed by atoms with Gasteiger partial charge in [0.1, 0.15) is 5.76 Å². The van der Waals surface area contributed by atoms with E-state index >= 15 is 0 Å². The zero-order chi connectivity index (χ0) is 15.5. The van der Waals surface area contributed by atoms with E-state index in [-0.39, 0.29) is 0 Å². The lowest BCUT2D eigenvalue weighted by atomic mass is 10.1. The van der Waals surface area contributed by atoms with Gasteiger partial charge in [0, 0.05) is 25.8 Å². The Morgan fingerprint density at radius 2 is 2.05 bits per heavy atom. The molecule has 1 fully saturated rings. The van der Waals surface area contributed by atoms with E-state index in [2.05, 4.69) is 36.1 Å². The summed E-state index contributed by atoms with van der Waals surface area (Å²) in [4.78, 5) is 7.11. The molecule has 0 amide bonds. The van der Waals surface area contributed by atoms with Crippen LogP contribution in [0, 0.1) is 13.8 Å².